The van der Waals surface area contributed by atoms with Crippen LogP contribution >= 0.6 is 11.8 Å². The van der Waals surface area contributed by atoms with Gasteiger partial charge in [-0.2, -0.15) is 0 Å². The lowest BCUT2D eigenvalue weighted by molar-refractivity contribution is -0.107. The molecule has 17 heavy (non-hydrogen) atoms. The molecule has 1 aliphatic heterocycles. The molecule has 0 aromatic heterocycles. The third kappa shape index (κ3) is 2.01. The largest absolute Gasteiger partial charge is 0.303 e. The number of benzene rings is 2. The summed E-state index contributed by atoms with van der Waals surface area (Å²) in [6.07, 6.45) is 5.84. The van der Waals surface area contributed by atoms with Gasteiger partial charge in [0.15, 0.2) is 0 Å². The zero-order chi connectivity index (χ0) is 11.7. The predicted octanol–water partition coefficient (Wildman–Crippen LogP) is 3.92. The highest BCUT2D eigenvalue weighted by atomic mass is 32.2. The molecule has 1 heterocycles. The minimum Gasteiger partial charge on any atom is -0.303 e. The molecule has 0 aliphatic carbocycles. The van der Waals surface area contributed by atoms with Crippen LogP contribution in [-0.4, -0.2) is 11.5 Å². The van der Waals surface area contributed by atoms with Crippen molar-refractivity contribution in [2.45, 2.75) is 16.6 Å². The van der Waals surface area contributed by atoms with E-state index < -0.39 is 0 Å². The first-order chi connectivity index (χ1) is 8.36. The fourth-order valence-electron chi connectivity index (χ4n) is 2.10. The summed E-state index contributed by atoms with van der Waals surface area (Å²) in [4.78, 5) is 11.8. The van der Waals surface area contributed by atoms with Crippen molar-refractivity contribution in [3.63, 3.8) is 0 Å². The first-order valence-electron chi connectivity index (χ1n) is 5.68. The Morgan fingerprint density at radius 1 is 1.18 bits per heavy atom. The Labute approximate surface area is 105 Å². The highest BCUT2D eigenvalue weighted by Crippen LogP contribution is 2.36. The summed E-state index contributed by atoms with van der Waals surface area (Å²) in [5.74, 6) is 0. The van der Waals surface area contributed by atoms with Gasteiger partial charge in [-0.1, -0.05) is 36.4 Å². The summed E-state index contributed by atoms with van der Waals surface area (Å²) >= 11 is 1.78. The van der Waals surface area contributed by atoms with E-state index in [0.717, 1.165) is 6.29 Å². The summed E-state index contributed by atoms with van der Waals surface area (Å²) < 4.78 is 0. The third-order valence-electron chi connectivity index (χ3n) is 2.98. The van der Waals surface area contributed by atoms with Crippen LogP contribution in [0.4, 0.5) is 0 Å². The Morgan fingerprint density at radius 2 is 1.94 bits per heavy atom. The minimum absolute atomic E-state index is 0.293. The molecule has 2 heteroatoms. The lowest BCUT2D eigenvalue weighted by Gasteiger charge is -2.17. The highest BCUT2D eigenvalue weighted by molar-refractivity contribution is 8.00. The van der Waals surface area contributed by atoms with Crippen LogP contribution in [0.1, 0.15) is 12.0 Å². The SMILES string of the molecule is O=CCC1C=Cc2cc3ccccc3cc2S1. The van der Waals surface area contributed by atoms with E-state index in [1.165, 1.54) is 21.2 Å². The summed E-state index contributed by atoms with van der Waals surface area (Å²) in [5, 5.41) is 2.82. The second-order valence-electron chi connectivity index (χ2n) is 4.15. The molecule has 84 valence electrons. The standard InChI is InChI=1S/C15H12OS/c16-8-7-14-6-5-13-9-11-3-1-2-4-12(11)10-15(13)17-14/h1-6,8-10,14H,7H2. The number of carbonyl (C=O) groups is 1. The van der Waals surface area contributed by atoms with Crippen molar-refractivity contribution < 1.29 is 4.79 Å². The Bertz CT molecular complexity index is 601. The van der Waals surface area contributed by atoms with Crippen LogP contribution in [0, 0.1) is 0 Å². The van der Waals surface area contributed by atoms with E-state index in [4.69, 9.17) is 0 Å². The van der Waals surface area contributed by atoms with Crippen molar-refractivity contribution in [1.82, 2.24) is 0 Å². The maximum absolute atomic E-state index is 10.6. The van der Waals surface area contributed by atoms with Crippen LogP contribution < -0.4 is 0 Å². The molecule has 3 rings (SSSR count). The third-order valence-corrected chi connectivity index (χ3v) is 4.24. The van der Waals surface area contributed by atoms with Crippen LogP contribution in [-0.2, 0) is 4.79 Å². The van der Waals surface area contributed by atoms with Crippen LogP contribution in [0.15, 0.2) is 47.4 Å². The van der Waals surface area contributed by atoms with Gasteiger partial charge in [-0.15, -0.1) is 11.8 Å². The summed E-state index contributed by atoms with van der Waals surface area (Å²) in [6.45, 7) is 0. The molecule has 0 amide bonds. The quantitative estimate of drug-likeness (QED) is 0.740. The van der Waals surface area contributed by atoms with Gasteiger partial charge in [0.25, 0.3) is 0 Å². The zero-order valence-electron chi connectivity index (χ0n) is 9.30. The van der Waals surface area contributed by atoms with E-state index in [1.807, 2.05) is 0 Å². The lowest BCUT2D eigenvalue weighted by atomic mass is 10.1. The van der Waals surface area contributed by atoms with Gasteiger partial charge in [-0.05, 0) is 28.5 Å². The van der Waals surface area contributed by atoms with Crippen LogP contribution in [0.2, 0.25) is 0 Å². The molecule has 2 aromatic rings. The molecule has 0 bridgehead atoms. The maximum atomic E-state index is 10.6. The number of hydrogen-bond donors (Lipinski definition) is 0. The van der Waals surface area contributed by atoms with Crippen molar-refractivity contribution in [3.8, 4) is 0 Å². The molecular weight excluding hydrogens is 228 g/mol. The number of rotatable bonds is 2. The minimum atomic E-state index is 0.293. The van der Waals surface area contributed by atoms with E-state index in [-0.39, 0.29) is 0 Å². The average Bonchev–Trinajstić information content (AvgIpc) is 2.36. The second kappa shape index (κ2) is 4.38. The first-order valence-corrected chi connectivity index (χ1v) is 6.56. The Hall–Kier alpha value is -1.54. The van der Waals surface area contributed by atoms with Crippen molar-refractivity contribution >= 4 is 34.9 Å². The molecule has 0 saturated carbocycles. The molecule has 0 fully saturated rings. The highest BCUT2D eigenvalue weighted by Gasteiger charge is 2.14. The Kier molecular flexibility index (Phi) is 2.73. The van der Waals surface area contributed by atoms with Gasteiger partial charge in [-0.3, -0.25) is 0 Å². The van der Waals surface area contributed by atoms with Gasteiger partial charge in [0, 0.05) is 16.6 Å². The van der Waals surface area contributed by atoms with Gasteiger partial charge in [0.1, 0.15) is 6.29 Å². The fourth-order valence-corrected chi connectivity index (χ4v) is 3.22. The number of fused-ring (bicyclic) bond motifs is 2. The molecule has 0 radical (unpaired) electrons. The predicted molar refractivity (Wildman–Crippen MR) is 73.3 cm³/mol. The first kappa shape index (κ1) is 10.6. The van der Waals surface area contributed by atoms with E-state index in [9.17, 15) is 4.79 Å². The molecule has 2 aromatic carbocycles. The summed E-state index contributed by atoms with van der Waals surface area (Å²) in [6, 6.07) is 12.8. The molecule has 1 unspecified atom stereocenters. The molecule has 1 nitrogen and oxygen atoms in total. The van der Waals surface area contributed by atoms with E-state index in [1.54, 1.807) is 11.8 Å². The van der Waals surface area contributed by atoms with Gasteiger partial charge in [-0.25, -0.2) is 0 Å². The topological polar surface area (TPSA) is 17.1 Å². The van der Waals surface area contributed by atoms with Crippen LogP contribution in [0.3, 0.4) is 0 Å². The van der Waals surface area contributed by atoms with Crippen molar-refractivity contribution in [1.29, 1.82) is 0 Å². The van der Waals surface area contributed by atoms with Crippen molar-refractivity contribution in [3.05, 3.63) is 48.0 Å². The number of hydrogen-bond acceptors (Lipinski definition) is 2. The molecular formula is C15H12OS. The molecule has 0 saturated heterocycles. The van der Waals surface area contributed by atoms with Crippen molar-refractivity contribution in [2.75, 3.05) is 0 Å². The molecule has 1 atom stereocenters. The van der Waals surface area contributed by atoms with E-state index >= 15 is 0 Å². The zero-order valence-corrected chi connectivity index (χ0v) is 10.1. The van der Waals surface area contributed by atoms with Gasteiger partial charge < -0.3 is 4.79 Å². The van der Waals surface area contributed by atoms with E-state index in [2.05, 4.69) is 48.6 Å². The molecule has 1 aliphatic rings. The average molecular weight is 240 g/mol. The fraction of sp³-hybridized carbons (Fsp3) is 0.133. The Morgan fingerprint density at radius 3 is 2.71 bits per heavy atom. The van der Waals surface area contributed by atoms with Crippen LogP contribution in [0.25, 0.3) is 16.8 Å². The monoisotopic (exact) mass is 240 g/mol. The smallest absolute Gasteiger partial charge is 0.121 e. The maximum Gasteiger partial charge on any atom is 0.121 e. The van der Waals surface area contributed by atoms with Gasteiger partial charge >= 0.3 is 0 Å². The molecule has 0 spiro atoms. The Balaban J connectivity index is 2.07. The number of thioether (sulfide) groups is 1. The lowest BCUT2D eigenvalue weighted by Crippen LogP contribution is -2.03. The number of aldehydes is 1. The summed E-state index contributed by atoms with van der Waals surface area (Å²) in [7, 11) is 0. The van der Waals surface area contributed by atoms with Gasteiger partial charge in [0.2, 0.25) is 0 Å². The van der Waals surface area contributed by atoms with E-state index in [0.29, 0.717) is 11.7 Å². The number of carbonyl (C=O) groups excluding carboxylic acids is 1. The summed E-state index contributed by atoms with van der Waals surface area (Å²) in [5.41, 5.74) is 1.26. The van der Waals surface area contributed by atoms with Crippen molar-refractivity contribution in [2.24, 2.45) is 0 Å². The van der Waals surface area contributed by atoms with Crippen LogP contribution in [0.5, 0.6) is 0 Å². The van der Waals surface area contributed by atoms with Gasteiger partial charge in [0.05, 0.1) is 0 Å². The molecule has 0 N–H and O–H groups in total. The second-order valence-corrected chi connectivity index (χ2v) is 5.44. The normalized spacial score (nSPS) is 18.0.